The van der Waals surface area contributed by atoms with Crippen molar-refractivity contribution < 1.29 is 9.18 Å². The predicted octanol–water partition coefficient (Wildman–Crippen LogP) is 1.75. The van der Waals surface area contributed by atoms with Crippen LogP contribution >= 0.6 is 0 Å². The minimum Gasteiger partial charge on any atom is -0.352 e. The van der Waals surface area contributed by atoms with E-state index in [9.17, 15) is 9.18 Å². The number of carbonyl (C=O) groups excluding carboxylic acids is 1. The van der Waals surface area contributed by atoms with Gasteiger partial charge in [0.05, 0.1) is 0 Å². The number of halogens is 1. The SMILES string of the molecule is NC(=O)NCC1CCCN(CCc2ccc(F)cc2)C1. The van der Waals surface area contributed by atoms with Gasteiger partial charge in [-0.15, -0.1) is 0 Å². The highest BCUT2D eigenvalue weighted by Gasteiger charge is 2.19. The van der Waals surface area contributed by atoms with E-state index < -0.39 is 6.03 Å². The number of nitrogens with zero attached hydrogens (tertiary/aromatic N) is 1. The Morgan fingerprint density at radius 1 is 1.40 bits per heavy atom. The van der Waals surface area contributed by atoms with Crippen LogP contribution in [-0.4, -0.2) is 37.1 Å². The van der Waals surface area contributed by atoms with Crippen LogP contribution < -0.4 is 11.1 Å². The summed E-state index contributed by atoms with van der Waals surface area (Å²) in [6.45, 7) is 3.71. The van der Waals surface area contributed by atoms with Gasteiger partial charge in [-0.3, -0.25) is 0 Å². The minimum absolute atomic E-state index is 0.190. The van der Waals surface area contributed by atoms with E-state index in [1.807, 2.05) is 12.1 Å². The summed E-state index contributed by atoms with van der Waals surface area (Å²) >= 11 is 0. The second-order valence-corrected chi connectivity index (χ2v) is 5.43. The molecule has 3 N–H and O–H groups in total. The van der Waals surface area contributed by atoms with E-state index in [0.29, 0.717) is 12.5 Å². The fourth-order valence-corrected chi connectivity index (χ4v) is 2.70. The molecular weight excluding hydrogens is 257 g/mol. The van der Waals surface area contributed by atoms with Gasteiger partial charge in [0.2, 0.25) is 0 Å². The number of rotatable bonds is 5. The average Bonchev–Trinajstić information content (AvgIpc) is 2.45. The Hall–Kier alpha value is -1.62. The van der Waals surface area contributed by atoms with Crippen LogP contribution in [0, 0.1) is 11.7 Å². The molecule has 1 aliphatic heterocycles. The lowest BCUT2D eigenvalue weighted by atomic mass is 9.97. The lowest BCUT2D eigenvalue weighted by Gasteiger charge is -2.32. The molecule has 1 atom stereocenters. The fraction of sp³-hybridized carbons (Fsp3) is 0.533. The normalized spacial score (nSPS) is 19.8. The van der Waals surface area contributed by atoms with Crippen LogP contribution in [0.15, 0.2) is 24.3 Å². The van der Waals surface area contributed by atoms with E-state index in [1.54, 1.807) is 0 Å². The summed E-state index contributed by atoms with van der Waals surface area (Å²) in [5, 5.41) is 2.69. The van der Waals surface area contributed by atoms with Crippen molar-refractivity contribution in [2.45, 2.75) is 19.3 Å². The van der Waals surface area contributed by atoms with Crippen LogP contribution in [0.5, 0.6) is 0 Å². The van der Waals surface area contributed by atoms with Gasteiger partial charge < -0.3 is 16.0 Å². The molecule has 2 amide bonds. The van der Waals surface area contributed by atoms with Crippen LogP contribution in [0.25, 0.3) is 0 Å². The minimum atomic E-state index is -0.451. The van der Waals surface area contributed by atoms with Gasteiger partial charge in [0.25, 0.3) is 0 Å². The maximum absolute atomic E-state index is 12.8. The molecule has 1 saturated heterocycles. The van der Waals surface area contributed by atoms with Gasteiger partial charge in [0.15, 0.2) is 0 Å². The number of hydrogen-bond acceptors (Lipinski definition) is 2. The second kappa shape index (κ2) is 7.24. The Labute approximate surface area is 119 Å². The second-order valence-electron chi connectivity index (χ2n) is 5.43. The van der Waals surface area contributed by atoms with Gasteiger partial charge in [0, 0.05) is 19.6 Å². The molecule has 1 aromatic carbocycles. The third-order valence-electron chi connectivity index (χ3n) is 3.80. The molecule has 5 heteroatoms. The Balaban J connectivity index is 1.75. The van der Waals surface area contributed by atoms with Crippen LogP contribution in [-0.2, 0) is 6.42 Å². The number of nitrogens with one attached hydrogen (secondary N) is 1. The van der Waals surface area contributed by atoms with E-state index in [1.165, 1.54) is 12.1 Å². The van der Waals surface area contributed by atoms with Crippen molar-refractivity contribution in [1.29, 1.82) is 0 Å². The summed E-state index contributed by atoms with van der Waals surface area (Å²) < 4.78 is 12.8. The van der Waals surface area contributed by atoms with Gasteiger partial charge in [-0.1, -0.05) is 12.1 Å². The molecule has 0 saturated carbocycles. The van der Waals surface area contributed by atoms with E-state index in [-0.39, 0.29) is 5.82 Å². The van der Waals surface area contributed by atoms with Crippen LogP contribution in [0.4, 0.5) is 9.18 Å². The lowest BCUT2D eigenvalue weighted by Crippen LogP contribution is -2.42. The van der Waals surface area contributed by atoms with Crippen LogP contribution in [0.2, 0.25) is 0 Å². The first-order chi connectivity index (χ1) is 9.63. The molecule has 1 unspecified atom stereocenters. The first-order valence-corrected chi connectivity index (χ1v) is 7.13. The zero-order valence-corrected chi connectivity index (χ0v) is 11.6. The monoisotopic (exact) mass is 279 g/mol. The largest absolute Gasteiger partial charge is 0.352 e. The highest BCUT2D eigenvalue weighted by atomic mass is 19.1. The number of amides is 2. The van der Waals surface area contributed by atoms with Crippen molar-refractivity contribution in [3.8, 4) is 0 Å². The maximum atomic E-state index is 12.8. The van der Waals surface area contributed by atoms with Gasteiger partial charge in [-0.25, -0.2) is 9.18 Å². The Morgan fingerprint density at radius 2 is 2.15 bits per heavy atom. The Bertz CT molecular complexity index is 435. The summed E-state index contributed by atoms with van der Waals surface area (Å²) in [5.41, 5.74) is 6.25. The predicted molar refractivity (Wildman–Crippen MR) is 76.9 cm³/mol. The maximum Gasteiger partial charge on any atom is 0.312 e. The third kappa shape index (κ3) is 4.81. The standard InChI is InChI=1S/C15H22FN3O/c16-14-5-3-12(4-6-14)7-9-19-8-1-2-13(11-19)10-18-15(17)20/h3-6,13H,1-2,7-11H2,(H3,17,18,20). The smallest absolute Gasteiger partial charge is 0.312 e. The topological polar surface area (TPSA) is 58.4 Å². The molecule has 0 bridgehead atoms. The van der Waals surface area contributed by atoms with E-state index in [0.717, 1.165) is 44.5 Å². The van der Waals surface area contributed by atoms with Crippen LogP contribution in [0.3, 0.4) is 0 Å². The number of urea groups is 1. The van der Waals surface area contributed by atoms with Crippen molar-refractivity contribution in [3.63, 3.8) is 0 Å². The summed E-state index contributed by atoms with van der Waals surface area (Å²) in [7, 11) is 0. The molecule has 4 nitrogen and oxygen atoms in total. The number of likely N-dealkylation sites (tertiary alicyclic amines) is 1. The number of carbonyl (C=O) groups is 1. The summed E-state index contributed by atoms with van der Waals surface area (Å²) in [5.74, 6) is 0.286. The summed E-state index contributed by atoms with van der Waals surface area (Å²) in [6, 6.07) is 6.24. The van der Waals surface area contributed by atoms with Crippen molar-refractivity contribution in [3.05, 3.63) is 35.6 Å². The van der Waals surface area contributed by atoms with Gasteiger partial charge in [0.1, 0.15) is 5.82 Å². The highest BCUT2D eigenvalue weighted by molar-refractivity contribution is 5.71. The highest BCUT2D eigenvalue weighted by Crippen LogP contribution is 2.16. The Kier molecular flexibility index (Phi) is 5.35. The molecule has 1 aromatic rings. The molecule has 1 fully saturated rings. The number of primary amides is 1. The number of benzene rings is 1. The molecular formula is C15H22FN3O. The van der Waals surface area contributed by atoms with Crippen molar-refractivity contribution in [1.82, 2.24) is 10.2 Å². The molecule has 20 heavy (non-hydrogen) atoms. The van der Waals surface area contributed by atoms with Gasteiger partial charge >= 0.3 is 6.03 Å². The van der Waals surface area contributed by atoms with Crippen molar-refractivity contribution in [2.24, 2.45) is 11.7 Å². The zero-order valence-electron chi connectivity index (χ0n) is 11.6. The molecule has 1 aliphatic rings. The number of piperidine rings is 1. The number of hydrogen-bond donors (Lipinski definition) is 2. The van der Waals surface area contributed by atoms with E-state index >= 15 is 0 Å². The van der Waals surface area contributed by atoms with Crippen molar-refractivity contribution in [2.75, 3.05) is 26.2 Å². The van der Waals surface area contributed by atoms with E-state index in [4.69, 9.17) is 5.73 Å². The molecule has 0 radical (unpaired) electrons. The first kappa shape index (κ1) is 14.8. The molecule has 110 valence electrons. The average molecular weight is 279 g/mol. The third-order valence-corrected chi connectivity index (χ3v) is 3.80. The molecule has 2 rings (SSSR count). The number of nitrogens with two attached hydrogens (primary N) is 1. The molecule has 0 aromatic heterocycles. The Morgan fingerprint density at radius 3 is 2.85 bits per heavy atom. The summed E-state index contributed by atoms with van der Waals surface area (Å²) in [4.78, 5) is 13.1. The first-order valence-electron chi connectivity index (χ1n) is 7.13. The van der Waals surface area contributed by atoms with Gasteiger partial charge in [-0.05, 0) is 49.4 Å². The fourth-order valence-electron chi connectivity index (χ4n) is 2.70. The van der Waals surface area contributed by atoms with Crippen LogP contribution in [0.1, 0.15) is 18.4 Å². The van der Waals surface area contributed by atoms with Crippen molar-refractivity contribution >= 4 is 6.03 Å². The zero-order chi connectivity index (χ0) is 14.4. The molecule has 0 spiro atoms. The van der Waals surface area contributed by atoms with Gasteiger partial charge in [-0.2, -0.15) is 0 Å². The molecule has 1 heterocycles. The lowest BCUT2D eigenvalue weighted by molar-refractivity contribution is 0.174. The summed E-state index contributed by atoms with van der Waals surface area (Å²) in [6.07, 6.45) is 3.21. The molecule has 0 aliphatic carbocycles. The quantitative estimate of drug-likeness (QED) is 0.862. The van der Waals surface area contributed by atoms with E-state index in [2.05, 4.69) is 10.2 Å².